The van der Waals surface area contributed by atoms with Gasteiger partial charge in [0.1, 0.15) is 21.6 Å². The summed E-state index contributed by atoms with van der Waals surface area (Å²) in [6, 6.07) is 10.6. The molecule has 0 N–H and O–H groups in total. The second-order valence-electron chi connectivity index (χ2n) is 6.53. The van der Waals surface area contributed by atoms with E-state index in [4.69, 9.17) is 4.74 Å². The molecule has 4 nitrogen and oxygen atoms in total. The highest BCUT2D eigenvalue weighted by Crippen LogP contribution is 2.39. The summed E-state index contributed by atoms with van der Waals surface area (Å²) in [4.78, 5) is -0.208. The average molecular weight is 347 g/mol. The zero-order valence-corrected chi connectivity index (χ0v) is 15.5. The van der Waals surface area contributed by atoms with Crippen LogP contribution in [0.1, 0.15) is 56.2 Å². The Morgan fingerprint density at radius 1 is 0.958 bits per heavy atom. The summed E-state index contributed by atoms with van der Waals surface area (Å²) in [7, 11) is -4.57. The van der Waals surface area contributed by atoms with Crippen LogP contribution in [0.15, 0.2) is 41.3 Å². The fraction of sp³-hybridized carbons (Fsp3) is 0.368. The van der Waals surface area contributed by atoms with Gasteiger partial charge in [0.15, 0.2) is 0 Å². The van der Waals surface area contributed by atoms with Crippen molar-refractivity contribution in [2.45, 2.75) is 51.3 Å². The van der Waals surface area contributed by atoms with Crippen molar-refractivity contribution in [2.75, 3.05) is 0 Å². The Kier molecular flexibility index (Phi) is 5.35. The van der Waals surface area contributed by atoms with E-state index < -0.39 is 10.1 Å². The van der Waals surface area contributed by atoms with E-state index in [-0.39, 0.29) is 16.7 Å². The molecule has 0 atom stereocenters. The standard InChI is InChI=1S/C19H24O4S/c1-12(2)15-8-6-7-9-16(15)23-19-14(5)10-11-17(24(20,21)22)18(19)13(3)4/h6-13H,1-5H3,(H,20,21,22)/p-1. The lowest BCUT2D eigenvalue weighted by Gasteiger charge is -2.23. The highest BCUT2D eigenvalue weighted by molar-refractivity contribution is 7.85. The van der Waals surface area contributed by atoms with Crippen molar-refractivity contribution in [3.8, 4) is 11.5 Å². The van der Waals surface area contributed by atoms with Gasteiger partial charge in [-0.25, -0.2) is 8.42 Å². The molecule has 24 heavy (non-hydrogen) atoms. The maximum atomic E-state index is 11.6. The molecule has 2 aromatic carbocycles. The third kappa shape index (κ3) is 3.79. The van der Waals surface area contributed by atoms with Crippen molar-refractivity contribution >= 4 is 10.1 Å². The summed E-state index contributed by atoms with van der Waals surface area (Å²) in [5.41, 5.74) is 2.26. The van der Waals surface area contributed by atoms with Crippen molar-refractivity contribution in [1.29, 1.82) is 0 Å². The molecule has 0 saturated heterocycles. The van der Waals surface area contributed by atoms with Gasteiger partial charge in [-0.3, -0.25) is 0 Å². The topological polar surface area (TPSA) is 66.4 Å². The molecule has 0 saturated carbocycles. The Morgan fingerprint density at radius 2 is 1.58 bits per heavy atom. The van der Waals surface area contributed by atoms with E-state index in [0.29, 0.717) is 17.1 Å². The van der Waals surface area contributed by atoms with Crippen LogP contribution in [0.4, 0.5) is 0 Å². The molecule has 0 aromatic heterocycles. The Hall–Kier alpha value is -1.85. The highest BCUT2D eigenvalue weighted by atomic mass is 32.2. The van der Waals surface area contributed by atoms with Gasteiger partial charge in [0.05, 0.1) is 4.90 Å². The molecule has 0 fully saturated rings. The van der Waals surface area contributed by atoms with Crippen molar-refractivity contribution in [3.63, 3.8) is 0 Å². The predicted molar refractivity (Wildman–Crippen MR) is 93.8 cm³/mol. The largest absolute Gasteiger partial charge is 0.744 e. The van der Waals surface area contributed by atoms with E-state index in [9.17, 15) is 13.0 Å². The third-order valence-corrected chi connectivity index (χ3v) is 4.85. The smallest absolute Gasteiger partial charge is 0.135 e. The molecule has 0 aliphatic carbocycles. The quantitative estimate of drug-likeness (QED) is 0.719. The van der Waals surface area contributed by atoms with E-state index in [1.165, 1.54) is 6.07 Å². The van der Waals surface area contributed by atoms with Crippen LogP contribution in [0.3, 0.4) is 0 Å². The molecule has 0 radical (unpaired) electrons. The third-order valence-electron chi connectivity index (χ3n) is 3.95. The van der Waals surface area contributed by atoms with Crippen molar-refractivity contribution in [1.82, 2.24) is 0 Å². The number of hydrogen-bond acceptors (Lipinski definition) is 4. The number of ether oxygens (including phenoxy) is 1. The lowest BCUT2D eigenvalue weighted by atomic mass is 9.98. The van der Waals surface area contributed by atoms with Gasteiger partial charge in [0.25, 0.3) is 0 Å². The fourth-order valence-electron chi connectivity index (χ4n) is 2.75. The van der Waals surface area contributed by atoms with Gasteiger partial charge in [-0.2, -0.15) is 0 Å². The van der Waals surface area contributed by atoms with Gasteiger partial charge in [-0.1, -0.05) is 52.0 Å². The molecule has 0 aliphatic heterocycles. The molecule has 5 heteroatoms. The summed E-state index contributed by atoms with van der Waals surface area (Å²) >= 11 is 0. The Bertz CT molecular complexity index is 836. The van der Waals surface area contributed by atoms with Crippen LogP contribution in [0.25, 0.3) is 0 Å². The monoisotopic (exact) mass is 347 g/mol. The molecule has 0 amide bonds. The van der Waals surface area contributed by atoms with Gasteiger partial charge in [0.2, 0.25) is 0 Å². The molecule has 130 valence electrons. The minimum absolute atomic E-state index is 0.162. The lowest BCUT2D eigenvalue weighted by Crippen LogP contribution is -2.08. The van der Waals surface area contributed by atoms with E-state index in [1.54, 1.807) is 6.07 Å². The second kappa shape index (κ2) is 6.95. The second-order valence-corrected chi connectivity index (χ2v) is 7.87. The molecule has 0 spiro atoms. The minimum atomic E-state index is -4.57. The number of aryl methyl sites for hydroxylation is 1. The van der Waals surface area contributed by atoms with E-state index >= 15 is 0 Å². The maximum Gasteiger partial charge on any atom is 0.135 e. The summed E-state index contributed by atoms with van der Waals surface area (Å²) in [5, 5.41) is 0. The van der Waals surface area contributed by atoms with Crippen LogP contribution in [0.2, 0.25) is 0 Å². The van der Waals surface area contributed by atoms with Crippen LogP contribution < -0.4 is 4.74 Å². The number of benzene rings is 2. The van der Waals surface area contributed by atoms with E-state index in [1.807, 2.05) is 45.0 Å². The summed E-state index contributed by atoms with van der Waals surface area (Å²) in [6.07, 6.45) is 0. The summed E-state index contributed by atoms with van der Waals surface area (Å²) in [6.45, 7) is 9.68. The summed E-state index contributed by atoms with van der Waals surface area (Å²) in [5.74, 6) is 1.23. The first-order valence-electron chi connectivity index (χ1n) is 7.99. The molecule has 0 unspecified atom stereocenters. The molecule has 2 aromatic rings. The predicted octanol–water partition coefficient (Wildman–Crippen LogP) is 4.94. The molecule has 0 aliphatic rings. The molecular formula is C19H23O4S-. The van der Waals surface area contributed by atoms with Crippen LogP contribution in [0.5, 0.6) is 11.5 Å². The first-order valence-corrected chi connectivity index (χ1v) is 9.40. The van der Waals surface area contributed by atoms with Crippen molar-refractivity contribution in [3.05, 3.63) is 53.1 Å². The summed E-state index contributed by atoms with van der Waals surface area (Å²) < 4.78 is 41.0. The zero-order valence-electron chi connectivity index (χ0n) is 14.7. The Labute approximate surface area is 144 Å². The minimum Gasteiger partial charge on any atom is -0.744 e. The first-order chi connectivity index (χ1) is 11.1. The molecule has 2 rings (SSSR count). The normalized spacial score (nSPS) is 12.0. The number of para-hydroxylation sites is 1. The average Bonchev–Trinajstić information content (AvgIpc) is 2.47. The van der Waals surface area contributed by atoms with Gasteiger partial charge in [-0.05, 0) is 42.0 Å². The van der Waals surface area contributed by atoms with Gasteiger partial charge in [-0.15, -0.1) is 0 Å². The Morgan fingerprint density at radius 3 is 2.12 bits per heavy atom. The SMILES string of the molecule is Cc1ccc(S(=O)(=O)[O-])c(C(C)C)c1Oc1ccccc1C(C)C. The lowest BCUT2D eigenvalue weighted by molar-refractivity contribution is 0.446. The Balaban J connectivity index is 2.67. The van der Waals surface area contributed by atoms with Gasteiger partial charge >= 0.3 is 0 Å². The van der Waals surface area contributed by atoms with Gasteiger partial charge in [0, 0.05) is 5.56 Å². The van der Waals surface area contributed by atoms with Crippen LogP contribution in [-0.2, 0) is 10.1 Å². The molecule has 0 bridgehead atoms. The van der Waals surface area contributed by atoms with E-state index in [0.717, 1.165) is 11.1 Å². The zero-order chi connectivity index (χ0) is 18.1. The van der Waals surface area contributed by atoms with Crippen LogP contribution in [0, 0.1) is 6.92 Å². The fourth-order valence-corrected chi connectivity index (χ4v) is 3.58. The van der Waals surface area contributed by atoms with Crippen molar-refractivity contribution < 1.29 is 17.7 Å². The molecule has 0 heterocycles. The highest BCUT2D eigenvalue weighted by Gasteiger charge is 2.21. The van der Waals surface area contributed by atoms with Gasteiger partial charge < -0.3 is 9.29 Å². The molecular weight excluding hydrogens is 324 g/mol. The number of hydrogen-bond donors (Lipinski definition) is 0. The maximum absolute atomic E-state index is 11.6. The first kappa shape index (κ1) is 18.5. The van der Waals surface area contributed by atoms with Crippen LogP contribution >= 0.6 is 0 Å². The van der Waals surface area contributed by atoms with Crippen LogP contribution in [-0.4, -0.2) is 13.0 Å². The number of rotatable bonds is 5. The van der Waals surface area contributed by atoms with Crippen molar-refractivity contribution in [2.24, 2.45) is 0 Å². The van der Waals surface area contributed by atoms with E-state index in [2.05, 4.69) is 13.8 Å².